The molecule has 0 spiro atoms. The highest BCUT2D eigenvalue weighted by Gasteiger charge is 2.44. The fraction of sp³-hybridized carbons (Fsp3) is 0.500. The minimum Gasteiger partial charge on any atom is -0.391 e. The highest BCUT2D eigenvalue weighted by Crippen LogP contribution is 2.26. The summed E-state index contributed by atoms with van der Waals surface area (Å²) in [6, 6.07) is 8.14. The van der Waals surface area contributed by atoms with E-state index in [2.05, 4.69) is 15.7 Å². The number of amides is 3. The highest BCUT2D eigenvalue weighted by molar-refractivity contribution is 5.92. The van der Waals surface area contributed by atoms with Gasteiger partial charge in [0.1, 0.15) is 12.1 Å². The summed E-state index contributed by atoms with van der Waals surface area (Å²) < 4.78 is 1.79. The van der Waals surface area contributed by atoms with Gasteiger partial charge in [-0.05, 0) is 22.6 Å². The molecule has 2 aromatic rings. The molecule has 0 bridgehead atoms. The van der Waals surface area contributed by atoms with Crippen molar-refractivity contribution in [2.45, 2.75) is 58.8 Å². The van der Waals surface area contributed by atoms with Crippen molar-refractivity contribution in [2.24, 2.45) is 12.5 Å². The van der Waals surface area contributed by atoms with Gasteiger partial charge in [0, 0.05) is 39.7 Å². The van der Waals surface area contributed by atoms with E-state index in [9.17, 15) is 19.5 Å². The van der Waals surface area contributed by atoms with E-state index in [1.165, 1.54) is 11.8 Å². The Morgan fingerprint density at radius 3 is 2.39 bits per heavy atom. The number of hydrogen-bond acceptors (Lipinski definition) is 5. The molecule has 1 aliphatic rings. The Morgan fingerprint density at radius 1 is 1.18 bits per heavy atom. The van der Waals surface area contributed by atoms with E-state index in [0.717, 1.165) is 16.8 Å². The first-order valence-electron chi connectivity index (χ1n) is 11.1. The molecule has 33 heavy (non-hydrogen) atoms. The number of aromatic nitrogens is 2. The zero-order valence-electron chi connectivity index (χ0n) is 19.8. The van der Waals surface area contributed by atoms with Crippen LogP contribution in [-0.4, -0.2) is 62.2 Å². The van der Waals surface area contributed by atoms with Crippen LogP contribution in [0.2, 0.25) is 0 Å². The smallest absolute Gasteiger partial charge is 0.246 e. The standard InChI is InChI=1S/C24H33N5O4/c1-15(30)27-21(24(2,3)4)23(33)29-14-18(31)12-20(29)22(32)25-13-16-6-8-17(9-7-16)19-10-11-26-28(19)5/h6-11,18,20-21,31H,12-14H2,1-5H3,(H,25,32)(H,27,30)/t18-,20+,21-/m1/s1. The van der Waals surface area contributed by atoms with Crippen molar-refractivity contribution in [3.63, 3.8) is 0 Å². The summed E-state index contributed by atoms with van der Waals surface area (Å²) >= 11 is 0. The van der Waals surface area contributed by atoms with Crippen LogP contribution in [0.4, 0.5) is 0 Å². The zero-order chi connectivity index (χ0) is 24.3. The molecular weight excluding hydrogens is 422 g/mol. The van der Waals surface area contributed by atoms with Crippen LogP contribution in [-0.2, 0) is 28.0 Å². The fourth-order valence-corrected chi connectivity index (χ4v) is 4.08. The second kappa shape index (κ2) is 9.74. The van der Waals surface area contributed by atoms with Crippen molar-refractivity contribution >= 4 is 17.7 Å². The number of benzene rings is 1. The quantitative estimate of drug-likeness (QED) is 0.606. The van der Waals surface area contributed by atoms with Gasteiger partial charge in [-0.3, -0.25) is 19.1 Å². The normalized spacial score (nSPS) is 19.3. The van der Waals surface area contributed by atoms with Crippen LogP contribution < -0.4 is 10.6 Å². The summed E-state index contributed by atoms with van der Waals surface area (Å²) in [4.78, 5) is 39.3. The molecule has 1 aliphatic heterocycles. The second-order valence-electron chi connectivity index (χ2n) is 9.65. The van der Waals surface area contributed by atoms with Gasteiger partial charge in [0.15, 0.2) is 0 Å². The third kappa shape index (κ3) is 5.78. The molecule has 0 saturated carbocycles. The molecule has 9 nitrogen and oxygen atoms in total. The first-order chi connectivity index (χ1) is 15.5. The van der Waals surface area contributed by atoms with Crippen molar-refractivity contribution in [3.05, 3.63) is 42.1 Å². The number of aliphatic hydroxyl groups is 1. The Kier molecular flexibility index (Phi) is 7.22. The van der Waals surface area contributed by atoms with E-state index in [-0.39, 0.29) is 30.7 Å². The number of carbonyl (C=O) groups excluding carboxylic acids is 3. The van der Waals surface area contributed by atoms with Crippen LogP contribution in [0, 0.1) is 5.41 Å². The molecule has 1 saturated heterocycles. The van der Waals surface area contributed by atoms with Crippen LogP contribution >= 0.6 is 0 Å². The minimum atomic E-state index is -0.796. The molecule has 1 aromatic heterocycles. The number of nitrogens with zero attached hydrogens (tertiary/aromatic N) is 3. The van der Waals surface area contributed by atoms with Crippen LogP contribution in [0.1, 0.15) is 39.7 Å². The molecular formula is C24H33N5O4. The number of hydrogen-bond donors (Lipinski definition) is 3. The van der Waals surface area contributed by atoms with Gasteiger partial charge < -0.3 is 20.6 Å². The van der Waals surface area contributed by atoms with Gasteiger partial charge in [0.05, 0.1) is 11.8 Å². The van der Waals surface area contributed by atoms with Gasteiger partial charge in [-0.1, -0.05) is 45.0 Å². The molecule has 1 aromatic carbocycles. The molecule has 0 unspecified atom stereocenters. The van der Waals surface area contributed by atoms with Crippen LogP contribution in [0.15, 0.2) is 36.5 Å². The summed E-state index contributed by atoms with van der Waals surface area (Å²) in [6.45, 7) is 7.26. The van der Waals surface area contributed by atoms with E-state index in [1.54, 1.807) is 10.9 Å². The SMILES string of the molecule is CC(=O)N[C@H](C(=O)N1C[C@H](O)C[C@H]1C(=O)NCc1ccc(-c2ccnn2C)cc1)C(C)(C)C. The topological polar surface area (TPSA) is 117 Å². The van der Waals surface area contributed by atoms with E-state index in [4.69, 9.17) is 0 Å². The van der Waals surface area contributed by atoms with Crippen LogP contribution in [0.3, 0.4) is 0 Å². The number of β-amino-alcohol motifs (C(OH)–C–C–N with tert-alkyl or cyclic N) is 1. The molecule has 3 amide bonds. The van der Waals surface area contributed by atoms with Gasteiger partial charge in [0.25, 0.3) is 0 Å². The van der Waals surface area contributed by atoms with E-state index in [0.29, 0.717) is 6.54 Å². The Hall–Kier alpha value is -3.20. The third-order valence-electron chi connectivity index (χ3n) is 5.86. The number of rotatable bonds is 6. The molecule has 0 aliphatic carbocycles. The van der Waals surface area contributed by atoms with Gasteiger partial charge in [-0.15, -0.1) is 0 Å². The van der Waals surface area contributed by atoms with Crippen molar-refractivity contribution in [1.29, 1.82) is 0 Å². The molecule has 9 heteroatoms. The zero-order valence-corrected chi connectivity index (χ0v) is 19.8. The third-order valence-corrected chi connectivity index (χ3v) is 5.86. The van der Waals surface area contributed by atoms with Crippen molar-refractivity contribution < 1.29 is 19.5 Å². The van der Waals surface area contributed by atoms with E-state index < -0.39 is 23.6 Å². The maximum atomic E-state index is 13.3. The Morgan fingerprint density at radius 2 is 1.85 bits per heavy atom. The summed E-state index contributed by atoms with van der Waals surface area (Å²) in [5, 5.41) is 19.9. The van der Waals surface area contributed by atoms with Gasteiger partial charge in [-0.2, -0.15) is 5.10 Å². The molecule has 2 heterocycles. The van der Waals surface area contributed by atoms with Gasteiger partial charge in [0.2, 0.25) is 17.7 Å². The summed E-state index contributed by atoms with van der Waals surface area (Å²) in [5.74, 6) is -1.01. The second-order valence-corrected chi connectivity index (χ2v) is 9.65. The van der Waals surface area contributed by atoms with Gasteiger partial charge >= 0.3 is 0 Å². The van der Waals surface area contributed by atoms with E-state index >= 15 is 0 Å². The lowest BCUT2D eigenvalue weighted by Crippen LogP contribution is -2.57. The number of aryl methyl sites for hydroxylation is 1. The Labute approximate surface area is 194 Å². The summed E-state index contributed by atoms with van der Waals surface area (Å²) in [5.41, 5.74) is 2.38. The minimum absolute atomic E-state index is 0.0580. The van der Waals surface area contributed by atoms with Crippen LogP contribution in [0.25, 0.3) is 11.3 Å². The number of nitrogens with one attached hydrogen (secondary N) is 2. The Balaban J connectivity index is 1.67. The number of aliphatic hydroxyl groups excluding tert-OH is 1. The van der Waals surface area contributed by atoms with Crippen molar-refractivity contribution in [1.82, 2.24) is 25.3 Å². The number of likely N-dealkylation sites (tertiary alicyclic amines) is 1. The fourth-order valence-electron chi connectivity index (χ4n) is 4.08. The van der Waals surface area contributed by atoms with Crippen molar-refractivity contribution in [3.8, 4) is 11.3 Å². The maximum absolute atomic E-state index is 13.3. The van der Waals surface area contributed by atoms with Gasteiger partial charge in [-0.25, -0.2) is 0 Å². The lowest BCUT2D eigenvalue weighted by atomic mass is 9.85. The first-order valence-corrected chi connectivity index (χ1v) is 11.1. The molecule has 3 rings (SSSR count). The predicted octanol–water partition coefficient (Wildman–Crippen LogP) is 1.22. The first kappa shape index (κ1) is 24.4. The predicted molar refractivity (Wildman–Crippen MR) is 124 cm³/mol. The van der Waals surface area contributed by atoms with E-state index in [1.807, 2.05) is 58.2 Å². The highest BCUT2D eigenvalue weighted by atomic mass is 16.3. The average Bonchev–Trinajstić information content (AvgIpc) is 3.35. The molecule has 178 valence electrons. The molecule has 3 atom stereocenters. The molecule has 0 radical (unpaired) electrons. The average molecular weight is 456 g/mol. The van der Waals surface area contributed by atoms with Crippen LogP contribution in [0.5, 0.6) is 0 Å². The molecule has 1 fully saturated rings. The largest absolute Gasteiger partial charge is 0.391 e. The maximum Gasteiger partial charge on any atom is 0.246 e. The molecule has 3 N–H and O–H groups in total. The van der Waals surface area contributed by atoms with Crippen molar-refractivity contribution in [2.75, 3.05) is 6.54 Å². The number of carbonyl (C=O) groups is 3. The summed E-state index contributed by atoms with van der Waals surface area (Å²) in [6.07, 6.45) is 1.11. The lowest BCUT2D eigenvalue weighted by molar-refractivity contribution is -0.143. The Bertz CT molecular complexity index is 1010. The summed E-state index contributed by atoms with van der Waals surface area (Å²) in [7, 11) is 1.88. The lowest BCUT2D eigenvalue weighted by Gasteiger charge is -2.35. The monoisotopic (exact) mass is 455 g/mol.